The lowest BCUT2D eigenvalue weighted by Gasteiger charge is -2.36. The number of nitrogens with zero attached hydrogens (tertiary/aromatic N) is 3. The van der Waals surface area contributed by atoms with E-state index in [2.05, 4.69) is 9.97 Å². The van der Waals surface area contributed by atoms with Gasteiger partial charge in [0.15, 0.2) is 0 Å². The molecule has 2 aromatic heterocycles. The average molecular weight is 331 g/mol. The summed E-state index contributed by atoms with van der Waals surface area (Å²) in [5.41, 5.74) is 0.728. The van der Waals surface area contributed by atoms with Crippen LogP contribution in [0.1, 0.15) is 29.4 Å². The van der Waals surface area contributed by atoms with Crippen molar-refractivity contribution in [3.05, 3.63) is 35.5 Å². The van der Waals surface area contributed by atoms with Gasteiger partial charge < -0.3 is 10.0 Å². The van der Waals surface area contributed by atoms with Crippen LogP contribution in [0.3, 0.4) is 0 Å². The molecule has 0 aromatic carbocycles. The van der Waals surface area contributed by atoms with Crippen LogP contribution in [0.2, 0.25) is 0 Å². The van der Waals surface area contributed by atoms with Crippen LogP contribution < -0.4 is 0 Å². The number of hydrogen-bond acceptors (Lipinski definition) is 5. The van der Waals surface area contributed by atoms with E-state index in [9.17, 15) is 14.7 Å². The van der Waals surface area contributed by atoms with Crippen molar-refractivity contribution < 1.29 is 14.7 Å². The molecule has 1 N–H and O–H groups in total. The number of amides is 1. The number of rotatable bonds is 3. The first-order valence-electron chi connectivity index (χ1n) is 7.47. The molecule has 3 heterocycles. The zero-order valence-corrected chi connectivity index (χ0v) is 13.5. The summed E-state index contributed by atoms with van der Waals surface area (Å²) < 4.78 is 0. The molecular formula is C16H17N3O3S. The summed E-state index contributed by atoms with van der Waals surface area (Å²) in [6.07, 6.45) is 4.55. The van der Waals surface area contributed by atoms with E-state index < -0.39 is 11.9 Å². The van der Waals surface area contributed by atoms with Gasteiger partial charge in [0.25, 0.3) is 5.91 Å². The second kappa shape index (κ2) is 6.45. The molecule has 120 valence electrons. The predicted octanol–water partition coefficient (Wildman–Crippen LogP) is 2.53. The lowest BCUT2D eigenvalue weighted by atomic mass is 9.93. The Morgan fingerprint density at radius 2 is 2.13 bits per heavy atom. The number of likely N-dealkylation sites (tertiary alicyclic amines) is 1. The maximum atomic E-state index is 12.7. The number of carboxylic acid groups (broad SMARTS) is 1. The predicted molar refractivity (Wildman–Crippen MR) is 86.2 cm³/mol. The number of carboxylic acids is 1. The molecule has 6 nitrogen and oxygen atoms in total. The molecule has 7 heteroatoms. The molecule has 2 atom stereocenters. The van der Waals surface area contributed by atoms with Crippen LogP contribution >= 0.6 is 11.3 Å². The summed E-state index contributed by atoms with van der Waals surface area (Å²) in [6.45, 7) is 2.21. The van der Waals surface area contributed by atoms with E-state index in [-0.39, 0.29) is 18.5 Å². The van der Waals surface area contributed by atoms with Crippen molar-refractivity contribution in [3.8, 4) is 10.7 Å². The molecule has 1 amide bonds. The van der Waals surface area contributed by atoms with Gasteiger partial charge in [-0.1, -0.05) is 6.07 Å². The first-order valence-corrected chi connectivity index (χ1v) is 8.29. The van der Waals surface area contributed by atoms with E-state index in [0.29, 0.717) is 22.7 Å². The summed E-state index contributed by atoms with van der Waals surface area (Å²) >= 11 is 1.29. The number of carbonyl (C=O) groups is 2. The second-order valence-corrected chi connectivity index (χ2v) is 6.69. The molecule has 0 bridgehead atoms. The van der Waals surface area contributed by atoms with Gasteiger partial charge in [0, 0.05) is 18.8 Å². The first kappa shape index (κ1) is 15.6. The van der Waals surface area contributed by atoms with Gasteiger partial charge in [-0.15, -0.1) is 11.3 Å². The lowest BCUT2D eigenvalue weighted by Crippen LogP contribution is -2.47. The number of aliphatic carboxylic acids is 1. The molecule has 0 aliphatic carbocycles. The van der Waals surface area contributed by atoms with E-state index in [4.69, 9.17) is 0 Å². The first-order chi connectivity index (χ1) is 11.1. The molecule has 0 saturated carbocycles. The second-order valence-electron chi connectivity index (χ2n) is 5.66. The number of thiazole rings is 1. The number of aromatic nitrogens is 2. The van der Waals surface area contributed by atoms with Crippen molar-refractivity contribution in [1.82, 2.24) is 14.9 Å². The van der Waals surface area contributed by atoms with E-state index >= 15 is 0 Å². The minimum atomic E-state index is -0.840. The fraction of sp³-hybridized carbons (Fsp3) is 0.375. The molecule has 1 saturated heterocycles. The highest BCUT2D eigenvalue weighted by atomic mass is 32.1. The van der Waals surface area contributed by atoms with Crippen molar-refractivity contribution >= 4 is 23.2 Å². The monoisotopic (exact) mass is 331 g/mol. The Hall–Kier alpha value is -2.28. The Kier molecular flexibility index (Phi) is 4.38. The van der Waals surface area contributed by atoms with E-state index in [1.165, 1.54) is 11.3 Å². The fourth-order valence-electron chi connectivity index (χ4n) is 2.71. The van der Waals surface area contributed by atoms with Crippen LogP contribution in [0.25, 0.3) is 10.7 Å². The Labute approximate surface area is 137 Å². The summed E-state index contributed by atoms with van der Waals surface area (Å²) in [4.78, 5) is 34.6. The zero-order chi connectivity index (χ0) is 16.4. The number of hydrogen-bond donors (Lipinski definition) is 1. The van der Waals surface area contributed by atoms with E-state index in [1.807, 2.05) is 25.1 Å². The summed E-state index contributed by atoms with van der Waals surface area (Å²) in [5, 5.41) is 9.88. The molecule has 1 aliphatic heterocycles. The molecule has 1 fully saturated rings. The molecule has 0 spiro atoms. The van der Waals surface area contributed by atoms with Crippen molar-refractivity contribution in [2.45, 2.75) is 25.8 Å². The van der Waals surface area contributed by atoms with Crippen LogP contribution in [0, 0.1) is 5.92 Å². The highest BCUT2D eigenvalue weighted by Gasteiger charge is 2.33. The minimum Gasteiger partial charge on any atom is -0.481 e. The van der Waals surface area contributed by atoms with E-state index in [0.717, 1.165) is 5.69 Å². The van der Waals surface area contributed by atoms with Gasteiger partial charge in [-0.3, -0.25) is 14.6 Å². The fourth-order valence-corrected chi connectivity index (χ4v) is 3.56. The van der Waals surface area contributed by atoms with Gasteiger partial charge in [-0.05, 0) is 31.9 Å². The molecule has 2 unspecified atom stereocenters. The third-order valence-corrected chi connectivity index (χ3v) is 5.10. The topological polar surface area (TPSA) is 83.4 Å². The smallest absolute Gasteiger partial charge is 0.308 e. The molecule has 2 aromatic rings. The standard InChI is InChI=1S/C16H17N3O3S/c1-10-5-6-11(16(21)22)9-19(10)15(20)13-8-18-14(23-13)12-4-2-3-7-17-12/h2-4,7-8,10-11H,5-6,9H2,1H3,(H,21,22). The van der Waals surface area contributed by atoms with Crippen LogP contribution in [0.15, 0.2) is 30.6 Å². The minimum absolute atomic E-state index is 0.0403. The summed E-state index contributed by atoms with van der Waals surface area (Å²) in [5.74, 6) is -1.48. The normalized spacial score (nSPS) is 21.2. The molecule has 3 rings (SSSR count). The van der Waals surface area contributed by atoms with Crippen molar-refractivity contribution in [2.75, 3.05) is 6.54 Å². The molecule has 1 aliphatic rings. The van der Waals surface area contributed by atoms with Crippen LogP contribution in [0.5, 0.6) is 0 Å². The Morgan fingerprint density at radius 1 is 1.30 bits per heavy atom. The third-order valence-electron chi connectivity index (χ3n) is 4.09. The Balaban J connectivity index is 1.80. The lowest BCUT2D eigenvalue weighted by molar-refractivity contribution is -0.143. The van der Waals surface area contributed by atoms with Gasteiger partial charge in [-0.25, -0.2) is 4.98 Å². The zero-order valence-electron chi connectivity index (χ0n) is 12.7. The maximum Gasteiger partial charge on any atom is 0.308 e. The SMILES string of the molecule is CC1CCC(C(=O)O)CN1C(=O)c1cnc(-c2ccccn2)s1. The average Bonchev–Trinajstić information content (AvgIpc) is 3.05. The molecule has 23 heavy (non-hydrogen) atoms. The van der Waals surface area contributed by atoms with Crippen molar-refractivity contribution in [2.24, 2.45) is 5.92 Å². The summed E-state index contributed by atoms with van der Waals surface area (Å²) in [7, 11) is 0. The largest absolute Gasteiger partial charge is 0.481 e. The van der Waals surface area contributed by atoms with Crippen molar-refractivity contribution in [1.29, 1.82) is 0 Å². The number of carbonyl (C=O) groups excluding carboxylic acids is 1. The molecule has 0 radical (unpaired) electrons. The highest BCUT2D eigenvalue weighted by molar-refractivity contribution is 7.16. The van der Waals surface area contributed by atoms with Gasteiger partial charge in [0.2, 0.25) is 0 Å². The van der Waals surface area contributed by atoms with Crippen LogP contribution in [-0.4, -0.2) is 44.4 Å². The third kappa shape index (κ3) is 3.24. The number of pyridine rings is 1. The van der Waals surface area contributed by atoms with E-state index in [1.54, 1.807) is 17.3 Å². The van der Waals surface area contributed by atoms with Gasteiger partial charge >= 0.3 is 5.97 Å². The van der Waals surface area contributed by atoms with Crippen LogP contribution in [-0.2, 0) is 4.79 Å². The maximum absolute atomic E-state index is 12.7. The van der Waals surface area contributed by atoms with Gasteiger partial charge in [-0.2, -0.15) is 0 Å². The van der Waals surface area contributed by atoms with Crippen LogP contribution in [0.4, 0.5) is 0 Å². The quantitative estimate of drug-likeness (QED) is 0.934. The molecular weight excluding hydrogens is 314 g/mol. The number of piperidine rings is 1. The summed E-state index contributed by atoms with van der Waals surface area (Å²) in [6, 6.07) is 5.58. The Morgan fingerprint density at radius 3 is 2.83 bits per heavy atom. The van der Waals surface area contributed by atoms with Gasteiger partial charge in [0.1, 0.15) is 9.88 Å². The highest BCUT2D eigenvalue weighted by Crippen LogP contribution is 2.28. The van der Waals surface area contributed by atoms with Gasteiger partial charge in [0.05, 0.1) is 17.8 Å². The van der Waals surface area contributed by atoms with Crippen molar-refractivity contribution in [3.63, 3.8) is 0 Å². The Bertz CT molecular complexity index is 716.